The number of nitrogens with zero attached hydrogens (tertiary/aromatic N) is 2. The summed E-state index contributed by atoms with van der Waals surface area (Å²) in [5.74, 6) is 1.72. The van der Waals surface area contributed by atoms with Crippen molar-refractivity contribution in [3.05, 3.63) is 24.0 Å². The van der Waals surface area contributed by atoms with Crippen molar-refractivity contribution in [3.63, 3.8) is 0 Å². The monoisotopic (exact) mass is 273 g/mol. The molecule has 4 heteroatoms. The van der Waals surface area contributed by atoms with Gasteiger partial charge in [0, 0.05) is 30.2 Å². The number of benzene rings is 1. The first-order valence-corrected chi connectivity index (χ1v) is 7.29. The van der Waals surface area contributed by atoms with Crippen molar-refractivity contribution in [1.82, 2.24) is 9.55 Å². The van der Waals surface area contributed by atoms with E-state index in [0.717, 1.165) is 43.2 Å². The van der Waals surface area contributed by atoms with Crippen molar-refractivity contribution < 1.29 is 4.74 Å². The van der Waals surface area contributed by atoms with Crippen LogP contribution in [0.5, 0.6) is 0 Å². The van der Waals surface area contributed by atoms with Gasteiger partial charge in [-0.1, -0.05) is 20.8 Å². The number of rotatable bonds is 2. The molecule has 1 unspecified atom stereocenters. The highest BCUT2D eigenvalue weighted by atomic mass is 16.5. The summed E-state index contributed by atoms with van der Waals surface area (Å²) in [4.78, 5) is 4.83. The average molecular weight is 273 g/mol. The van der Waals surface area contributed by atoms with E-state index in [0.29, 0.717) is 5.92 Å². The second-order valence-corrected chi connectivity index (χ2v) is 6.77. The molecule has 0 aliphatic carbocycles. The van der Waals surface area contributed by atoms with Gasteiger partial charge in [0.15, 0.2) is 0 Å². The molecule has 0 saturated carbocycles. The molecule has 108 valence electrons. The fourth-order valence-corrected chi connectivity index (χ4v) is 2.89. The molecule has 0 amide bonds. The van der Waals surface area contributed by atoms with Crippen LogP contribution in [-0.4, -0.2) is 22.8 Å². The molecule has 1 fully saturated rings. The van der Waals surface area contributed by atoms with E-state index in [1.807, 2.05) is 12.1 Å². The largest absolute Gasteiger partial charge is 0.399 e. The number of fused-ring (bicyclic) bond motifs is 1. The Morgan fingerprint density at radius 1 is 1.40 bits per heavy atom. The Hall–Kier alpha value is -1.55. The smallest absolute Gasteiger partial charge is 0.115 e. The fraction of sp³-hybridized carbons (Fsp3) is 0.562. The third-order valence-corrected chi connectivity index (χ3v) is 3.91. The molecule has 1 aromatic carbocycles. The van der Waals surface area contributed by atoms with Crippen LogP contribution >= 0.6 is 0 Å². The van der Waals surface area contributed by atoms with Crippen molar-refractivity contribution in [1.29, 1.82) is 0 Å². The molecule has 2 heterocycles. The Morgan fingerprint density at radius 3 is 2.85 bits per heavy atom. The van der Waals surface area contributed by atoms with Gasteiger partial charge in [-0.25, -0.2) is 4.98 Å². The SMILES string of the molecule is CC(C)(C)c1nc2cc(N)ccc2n1CC1CCOC1. The van der Waals surface area contributed by atoms with Gasteiger partial charge in [-0.15, -0.1) is 0 Å². The summed E-state index contributed by atoms with van der Waals surface area (Å²) in [7, 11) is 0. The predicted octanol–water partition coefficient (Wildman–Crippen LogP) is 2.95. The minimum absolute atomic E-state index is 0.0211. The van der Waals surface area contributed by atoms with Crippen molar-refractivity contribution in [2.24, 2.45) is 5.92 Å². The van der Waals surface area contributed by atoms with E-state index in [4.69, 9.17) is 15.5 Å². The summed E-state index contributed by atoms with van der Waals surface area (Å²) >= 11 is 0. The number of nitrogens with two attached hydrogens (primary N) is 1. The molecule has 2 aromatic rings. The Labute approximate surface area is 119 Å². The third-order valence-electron chi connectivity index (χ3n) is 3.91. The number of hydrogen-bond donors (Lipinski definition) is 1. The molecule has 2 N–H and O–H groups in total. The number of nitrogen functional groups attached to an aromatic ring is 1. The number of anilines is 1. The molecule has 20 heavy (non-hydrogen) atoms. The zero-order valence-electron chi connectivity index (χ0n) is 12.5. The highest BCUT2D eigenvalue weighted by Crippen LogP contribution is 2.29. The molecule has 1 atom stereocenters. The molecule has 4 nitrogen and oxygen atoms in total. The topological polar surface area (TPSA) is 53.1 Å². The number of ether oxygens (including phenoxy) is 1. The number of aromatic nitrogens is 2. The Kier molecular flexibility index (Phi) is 3.21. The van der Waals surface area contributed by atoms with Gasteiger partial charge in [-0.2, -0.15) is 0 Å². The van der Waals surface area contributed by atoms with E-state index < -0.39 is 0 Å². The molecule has 0 radical (unpaired) electrons. The standard InChI is InChI=1S/C16H23N3O/c1-16(2,3)15-18-13-8-12(17)4-5-14(13)19(15)9-11-6-7-20-10-11/h4-5,8,11H,6-7,9-10,17H2,1-3H3. The molecule has 1 aromatic heterocycles. The molecule has 1 aliphatic heterocycles. The lowest BCUT2D eigenvalue weighted by Crippen LogP contribution is -2.22. The van der Waals surface area contributed by atoms with Crippen LogP contribution in [0, 0.1) is 5.92 Å². The average Bonchev–Trinajstić information content (AvgIpc) is 2.97. The van der Waals surface area contributed by atoms with Gasteiger partial charge in [0.2, 0.25) is 0 Å². The van der Waals surface area contributed by atoms with Crippen molar-refractivity contribution in [2.45, 2.75) is 39.2 Å². The predicted molar refractivity (Wildman–Crippen MR) is 81.8 cm³/mol. The van der Waals surface area contributed by atoms with Crippen molar-refractivity contribution in [3.8, 4) is 0 Å². The van der Waals surface area contributed by atoms with Crippen LogP contribution in [0.15, 0.2) is 18.2 Å². The molecular weight excluding hydrogens is 250 g/mol. The zero-order chi connectivity index (χ0) is 14.3. The van der Waals surface area contributed by atoms with E-state index in [9.17, 15) is 0 Å². The summed E-state index contributed by atoms with van der Waals surface area (Å²) in [6.07, 6.45) is 1.14. The van der Waals surface area contributed by atoms with Gasteiger partial charge < -0.3 is 15.0 Å². The van der Waals surface area contributed by atoms with E-state index in [1.165, 1.54) is 5.52 Å². The molecule has 0 spiro atoms. The lowest BCUT2D eigenvalue weighted by Gasteiger charge is -2.21. The van der Waals surface area contributed by atoms with Gasteiger partial charge in [-0.05, 0) is 24.6 Å². The Morgan fingerprint density at radius 2 is 2.20 bits per heavy atom. The summed E-state index contributed by atoms with van der Waals surface area (Å²) < 4.78 is 7.86. The van der Waals surface area contributed by atoms with Gasteiger partial charge in [0.1, 0.15) is 5.82 Å². The lowest BCUT2D eigenvalue weighted by molar-refractivity contribution is 0.182. The molecule has 3 rings (SSSR count). The zero-order valence-corrected chi connectivity index (χ0v) is 12.5. The Balaban J connectivity index is 2.10. The van der Waals surface area contributed by atoms with Crippen LogP contribution in [0.2, 0.25) is 0 Å². The number of imidazole rings is 1. The molecule has 1 aliphatic rings. The molecule has 1 saturated heterocycles. The first kappa shape index (κ1) is 13.4. The highest BCUT2D eigenvalue weighted by molar-refractivity contribution is 5.79. The van der Waals surface area contributed by atoms with Crippen LogP contribution in [0.25, 0.3) is 11.0 Å². The number of hydrogen-bond acceptors (Lipinski definition) is 3. The van der Waals surface area contributed by atoms with Gasteiger partial charge in [0.05, 0.1) is 17.6 Å². The lowest BCUT2D eigenvalue weighted by atomic mass is 9.95. The van der Waals surface area contributed by atoms with Crippen LogP contribution in [0.4, 0.5) is 5.69 Å². The minimum Gasteiger partial charge on any atom is -0.399 e. The van der Waals surface area contributed by atoms with E-state index in [-0.39, 0.29) is 5.41 Å². The minimum atomic E-state index is 0.0211. The molecular formula is C16H23N3O. The van der Waals surface area contributed by atoms with E-state index in [2.05, 4.69) is 31.4 Å². The quantitative estimate of drug-likeness (QED) is 0.856. The van der Waals surface area contributed by atoms with Crippen LogP contribution in [0.1, 0.15) is 33.0 Å². The second kappa shape index (κ2) is 4.77. The summed E-state index contributed by atoms with van der Waals surface area (Å²) in [5, 5.41) is 0. The second-order valence-electron chi connectivity index (χ2n) is 6.77. The van der Waals surface area contributed by atoms with Crippen molar-refractivity contribution in [2.75, 3.05) is 18.9 Å². The van der Waals surface area contributed by atoms with Gasteiger partial charge in [-0.3, -0.25) is 0 Å². The first-order chi connectivity index (χ1) is 9.45. The van der Waals surface area contributed by atoms with E-state index in [1.54, 1.807) is 0 Å². The van der Waals surface area contributed by atoms with Gasteiger partial charge >= 0.3 is 0 Å². The van der Waals surface area contributed by atoms with E-state index >= 15 is 0 Å². The summed E-state index contributed by atoms with van der Waals surface area (Å²) in [6, 6.07) is 6.01. The third kappa shape index (κ3) is 2.40. The van der Waals surface area contributed by atoms with Crippen LogP contribution in [0.3, 0.4) is 0 Å². The maximum atomic E-state index is 5.89. The highest BCUT2D eigenvalue weighted by Gasteiger charge is 2.25. The molecule has 0 bridgehead atoms. The normalized spacial score (nSPS) is 19.9. The van der Waals surface area contributed by atoms with Gasteiger partial charge in [0.25, 0.3) is 0 Å². The summed E-state index contributed by atoms with van der Waals surface area (Å²) in [5.41, 5.74) is 8.85. The first-order valence-electron chi connectivity index (χ1n) is 7.29. The van der Waals surface area contributed by atoms with Crippen LogP contribution in [-0.2, 0) is 16.7 Å². The maximum Gasteiger partial charge on any atom is 0.115 e. The van der Waals surface area contributed by atoms with Crippen molar-refractivity contribution >= 4 is 16.7 Å². The fourth-order valence-electron chi connectivity index (χ4n) is 2.89. The Bertz CT molecular complexity index is 618. The maximum absolute atomic E-state index is 5.89. The summed E-state index contributed by atoms with van der Waals surface area (Å²) in [6.45, 7) is 9.35. The van der Waals surface area contributed by atoms with Crippen LogP contribution < -0.4 is 5.73 Å².